The molecule has 0 aliphatic rings. The maximum Gasteiger partial charge on any atom is 0.282 e. The second-order valence-corrected chi connectivity index (χ2v) is 8.22. The maximum atomic E-state index is 13.1. The molecule has 0 aliphatic heterocycles. The summed E-state index contributed by atoms with van der Waals surface area (Å²) in [5, 5.41) is 5.27. The van der Waals surface area contributed by atoms with Crippen LogP contribution in [0.4, 0.5) is 0 Å². The smallest absolute Gasteiger partial charge is 0.282 e. The van der Waals surface area contributed by atoms with Gasteiger partial charge in [0.1, 0.15) is 10.8 Å². The molecule has 1 heterocycles. The van der Waals surface area contributed by atoms with Gasteiger partial charge in [-0.1, -0.05) is 34.5 Å². The Hall–Kier alpha value is -1.90. The van der Waals surface area contributed by atoms with Gasteiger partial charge in [-0.25, -0.2) is 4.98 Å². The third-order valence-electron chi connectivity index (χ3n) is 4.24. The third-order valence-corrected chi connectivity index (χ3v) is 6.18. The standard InChI is InChI=1S/C20H18Br2ClN3O3/c1-4-5-16-25-14-7-6-12(21)9-13(14)20(27)26(16)24-10-11-8-15(28-2)19(29-3)18(23)17(11)22/h6-10H,4-5H2,1-3H3. The van der Waals surface area contributed by atoms with Crippen molar-refractivity contribution in [1.82, 2.24) is 9.66 Å². The zero-order valence-electron chi connectivity index (χ0n) is 16.0. The lowest BCUT2D eigenvalue weighted by Gasteiger charge is -2.13. The number of halogens is 3. The number of rotatable bonds is 6. The van der Waals surface area contributed by atoms with E-state index in [2.05, 4.69) is 41.9 Å². The number of methoxy groups -OCH3 is 2. The van der Waals surface area contributed by atoms with Crippen LogP contribution in [0, 0.1) is 0 Å². The van der Waals surface area contributed by atoms with Gasteiger partial charge >= 0.3 is 0 Å². The van der Waals surface area contributed by atoms with Gasteiger partial charge in [-0.3, -0.25) is 4.79 Å². The van der Waals surface area contributed by atoms with Gasteiger partial charge in [0, 0.05) is 20.9 Å². The normalized spacial score (nSPS) is 11.4. The summed E-state index contributed by atoms with van der Waals surface area (Å²) in [6, 6.07) is 7.16. The average Bonchev–Trinajstić information content (AvgIpc) is 2.71. The Labute approximate surface area is 189 Å². The predicted octanol–water partition coefficient (Wildman–Crippen LogP) is 5.43. The van der Waals surface area contributed by atoms with Crippen LogP contribution in [0.15, 0.2) is 43.1 Å². The van der Waals surface area contributed by atoms with Crippen LogP contribution in [-0.4, -0.2) is 30.1 Å². The lowest BCUT2D eigenvalue weighted by atomic mass is 10.2. The Kier molecular flexibility index (Phi) is 6.97. The minimum absolute atomic E-state index is 0.237. The number of aromatic nitrogens is 2. The van der Waals surface area contributed by atoms with Crippen molar-refractivity contribution in [3.8, 4) is 11.5 Å². The molecule has 3 aromatic rings. The summed E-state index contributed by atoms with van der Waals surface area (Å²) in [5.74, 6) is 1.47. The molecule has 0 N–H and O–H groups in total. The minimum Gasteiger partial charge on any atom is -0.493 e. The Morgan fingerprint density at radius 3 is 2.66 bits per heavy atom. The first-order valence-electron chi connectivity index (χ1n) is 8.76. The van der Waals surface area contributed by atoms with Gasteiger partial charge in [-0.05, 0) is 46.6 Å². The van der Waals surface area contributed by atoms with E-state index in [1.165, 1.54) is 18.9 Å². The first-order chi connectivity index (χ1) is 13.9. The third kappa shape index (κ3) is 4.34. The zero-order valence-corrected chi connectivity index (χ0v) is 19.9. The molecule has 0 spiro atoms. The van der Waals surface area contributed by atoms with Gasteiger partial charge in [0.2, 0.25) is 0 Å². The summed E-state index contributed by atoms with van der Waals surface area (Å²) in [6.45, 7) is 2.02. The quantitative estimate of drug-likeness (QED) is 0.389. The van der Waals surface area contributed by atoms with Crippen LogP contribution in [0.3, 0.4) is 0 Å². The number of hydrogen-bond donors (Lipinski definition) is 0. The van der Waals surface area contributed by atoms with Crippen LogP contribution in [0.5, 0.6) is 11.5 Å². The molecule has 0 radical (unpaired) electrons. The van der Waals surface area contributed by atoms with Gasteiger partial charge in [-0.2, -0.15) is 9.78 Å². The topological polar surface area (TPSA) is 65.7 Å². The number of nitrogens with zero attached hydrogens (tertiary/aromatic N) is 3. The van der Waals surface area contributed by atoms with Crippen molar-refractivity contribution < 1.29 is 9.47 Å². The van der Waals surface area contributed by atoms with Crippen molar-refractivity contribution in [1.29, 1.82) is 0 Å². The van der Waals surface area contributed by atoms with Crippen molar-refractivity contribution in [2.24, 2.45) is 5.10 Å². The van der Waals surface area contributed by atoms with E-state index < -0.39 is 0 Å². The molecule has 152 valence electrons. The first-order valence-corrected chi connectivity index (χ1v) is 10.7. The van der Waals surface area contributed by atoms with E-state index in [4.69, 9.17) is 21.1 Å². The predicted molar refractivity (Wildman–Crippen MR) is 123 cm³/mol. The van der Waals surface area contributed by atoms with E-state index in [9.17, 15) is 4.79 Å². The van der Waals surface area contributed by atoms with Gasteiger partial charge in [0.05, 0.1) is 31.3 Å². The number of benzene rings is 2. The summed E-state index contributed by atoms with van der Waals surface area (Å²) in [5.41, 5.74) is 1.04. The van der Waals surface area contributed by atoms with Crippen molar-refractivity contribution in [3.05, 3.63) is 60.0 Å². The molecule has 1 aromatic heterocycles. The van der Waals surface area contributed by atoms with Crippen LogP contribution >= 0.6 is 43.5 Å². The molecule has 6 nitrogen and oxygen atoms in total. The highest BCUT2D eigenvalue weighted by Crippen LogP contribution is 2.41. The molecular weight excluding hydrogens is 525 g/mol. The Morgan fingerprint density at radius 1 is 1.24 bits per heavy atom. The number of aryl methyl sites for hydroxylation is 1. The Morgan fingerprint density at radius 2 is 2.00 bits per heavy atom. The second kappa shape index (κ2) is 9.28. The molecule has 3 rings (SSSR count). The highest BCUT2D eigenvalue weighted by Gasteiger charge is 2.16. The van der Waals surface area contributed by atoms with E-state index in [0.29, 0.717) is 49.7 Å². The molecular formula is C20H18Br2ClN3O3. The van der Waals surface area contributed by atoms with E-state index >= 15 is 0 Å². The van der Waals surface area contributed by atoms with Crippen LogP contribution in [-0.2, 0) is 6.42 Å². The van der Waals surface area contributed by atoms with Crippen molar-refractivity contribution in [2.45, 2.75) is 19.8 Å². The fourth-order valence-electron chi connectivity index (χ4n) is 2.86. The van der Waals surface area contributed by atoms with Crippen LogP contribution < -0.4 is 15.0 Å². The van der Waals surface area contributed by atoms with Crippen molar-refractivity contribution >= 4 is 60.6 Å². The van der Waals surface area contributed by atoms with E-state index in [-0.39, 0.29) is 5.56 Å². The van der Waals surface area contributed by atoms with Gasteiger partial charge < -0.3 is 9.47 Å². The summed E-state index contributed by atoms with van der Waals surface area (Å²) in [7, 11) is 3.04. The molecule has 0 unspecified atom stereocenters. The second-order valence-electron chi connectivity index (χ2n) is 6.13. The van der Waals surface area contributed by atoms with Gasteiger partial charge in [-0.15, -0.1) is 0 Å². The van der Waals surface area contributed by atoms with Gasteiger partial charge in [0.15, 0.2) is 11.5 Å². The summed E-state index contributed by atoms with van der Waals surface area (Å²) < 4.78 is 13.4. The number of fused-ring (bicyclic) bond motifs is 1. The minimum atomic E-state index is -0.237. The average molecular weight is 544 g/mol. The monoisotopic (exact) mass is 541 g/mol. The highest BCUT2D eigenvalue weighted by molar-refractivity contribution is 9.10. The molecule has 0 saturated carbocycles. The molecule has 0 aliphatic carbocycles. The number of ether oxygens (including phenoxy) is 2. The van der Waals surface area contributed by atoms with E-state index in [0.717, 1.165) is 10.9 Å². The largest absolute Gasteiger partial charge is 0.493 e. The highest BCUT2D eigenvalue weighted by atomic mass is 79.9. The zero-order chi connectivity index (χ0) is 21.1. The molecule has 0 atom stereocenters. The fraction of sp³-hybridized carbons (Fsp3) is 0.250. The summed E-state index contributed by atoms with van der Waals surface area (Å²) in [6.07, 6.45) is 2.99. The first kappa shape index (κ1) is 21.8. The Bertz CT molecular complexity index is 1160. The maximum absolute atomic E-state index is 13.1. The molecule has 0 fully saturated rings. The molecule has 29 heavy (non-hydrogen) atoms. The van der Waals surface area contributed by atoms with Crippen LogP contribution in [0.25, 0.3) is 10.9 Å². The van der Waals surface area contributed by atoms with Gasteiger partial charge in [0.25, 0.3) is 5.56 Å². The lowest BCUT2D eigenvalue weighted by molar-refractivity contribution is 0.355. The van der Waals surface area contributed by atoms with Crippen LogP contribution in [0.1, 0.15) is 24.7 Å². The summed E-state index contributed by atoms with van der Waals surface area (Å²) >= 11 is 13.2. The fourth-order valence-corrected chi connectivity index (χ4v) is 3.90. The van der Waals surface area contributed by atoms with E-state index in [1.54, 1.807) is 18.3 Å². The van der Waals surface area contributed by atoms with Crippen LogP contribution in [0.2, 0.25) is 5.02 Å². The number of hydrogen-bond acceptors (Lipinski definition) is 5. The molecule has 0 saturated heterocycles. The summed E-state index contributed by atoms with van der Waals surface area (Å²) in [4.78, 5) is 17.7. The Balaban J connectivity index is 2.18. The SMILES string of the molecule is CCCc1nc2ccc(Br)cc2c(=O)n1N=Cc1cc(OC)c(OC)c(Cl)c1Br. The molecule has 0 amide bonds. The molecule has 2 aromatic carbocycles. The van der Waals surface area contributed by atoms with Crippen molar-refractivity contribution in [3.63, 3.8) is 0 Å². The molecule has 9 heteroatoms. The molecule has 0 bridgehead atoms. The lowest BCUT2D eigenvalue weighted by Crippen LogP contribution is -2.22. The van der Waals surface area contributed by atoms with Crippen molar-refractivity contribution in [2.75, 3.05) is 14.2 Å². The van der Waals surface area contributed by atoms with E-state index in [1.807, 2.05) is 19.1 Å².